The Morgan fingerprint density at radius 1 is 0.692 bits per heavy atom. The van der Waals surface area contributed by atoms with Gasteiger partial charge < -0.3 is 18.2 Å². The van der Waals surface area contributed by atoms with Gasteiger partial charge in [-0.2, -0.15) is 0 Å². The Balaban J connectivity index is 2.43. The zero-order valence-corrected chi connectivity index (χ0v) is 19.0. The fourth-order valence-electron chi connectivity index (χ4n) is 3.62. The highest BCUT2D eigenvalue weighted by atomic mass is 28.4. The molecule has 0 bridgehead atoms. The lowest BCUT2D eigenvalue weighted by atomic mass is 10.3. The van der Waals surface area contributed by atoms with Crippen LogP contribution in [-0.2, 0) is 13.3 Å². The maximum Gasteiger partial charge on any atom is 0.515 e. The van der Waals surface area contributed by atoms with E-state index in [9.17, 15) is 0 Å². The third-order valence-electron chi connectivity index (χ3n) is 4.79. The molecule has 0 aromatic heterocycles. The topological polar surface area (TPSA) is 37.4 Å². The number of hydrogen-bond acceptors (Lipinski definition) is 6. The van der Waals surface area contributed by atoms with Gasteiger partial charge in [0.2, 0.25) is 0 Å². The molecule has 6 nitrogen and oxygen atoms in total. The summed E-state index contributed by atoms with van der Waals surface area (Å²) in [6.45, 7) is 21.8. The first-order valence-electron chi connectivity index (χ1n) is 10.7. The molecule has 1 heterocycles. The Bertz CT molecular complexity index is 319. The van der Waals surface area contributed by atoms with Gasteiger partial charge in [0.05, 0.1) is 6.17 Å². The highest BCUT2D eigenvalue weighted by molar-refractivity contribution is 6.60. The maximum absolute atomic E-state index is 6.01. The van der Waals surface area contributed by atoms with Crippen LogP contribution in [0.2, 0.25) is 0 Å². The Morgan fingerprint density at radius 2 is 1.15 bits per heavy atom. The van der Waals surface area contributed by atoms with Gasteiger partial charge >= 0.3 is 8.80 Å². The second-order valence-corrected chi connectivity index (χ2v) is 9.49. The molecule has 0 unspecified atom stereocenters. The molecular weight excluding hydrogens is 346 g/mol. The lowest BCUT2D eigenvalue weighted by Crippen LogP contribution is -2.59. The quantitative estimate of drug-likeness (QED) is 0.400. The average Bonchev–Trinajstić information content (AvgIpc) is 2.62. The van der Waals surface area contributed by atoms with Crippen LogP contribution in [0.4, 0.5) is 0 Å². The van der Waals surface area contributed by atoms with E-state index in [-0.39, 0.29) is 0 Å². The minimum Gasteiger partial charge on any atom is -0.373 e. The minimum absolute atomic E-state index is 0.650. The van der Waals surface area contributed by atoms with E-state index in [1.807, 2.05) is 20.8 Å². The molecule has 26 heavy (non-hydrogen) atoms. The minimum atomic E-state index is -2.56. The van der Waals surface area contributed by atoms with E-state index in [1.54, 1.807) is 0 Å². The first-order valence-corrected chi connectivity index (χ1v) is 12.6. The zero-order valence-electron chi connectivity index (χ0n) is 18.0. The second-order valence-electron chi connectivity index (χ2n) is 6.94. The van der Waals surface area contributed by atoms with E-state index in [1.165, 1.54) is 39.0 Å². The van der Waals surface area contributed by atoms with Gasteiger partial charge in [0.15, 0.2) is 0 Å². The summed E-state index contributed by atoms with van der Waals surface area (Å²) in [5, 5.41) is 0. The average molecular weight is 390 g/mol. The number of rotatable bonds is 15. The van der Waals surface area contributed by atoms with Crippen molar-refractivity contribution >= 4 is 8.80 Å². The second kappa shape index (κ2) is 14.0. The molecule has 0 aromatic carbocycles. The summed E-state index contributed by atoms with van der Waals surface area (Å²) in [6.07, 6.45) is 3.30. The van der Waals surface area contributed by atoms with E-state index in [2.05, 4.69) is 28.5 Å². The molecule has 0 radical (unpaired) electrons. The normalized spacial score (nSPS) is 17.3. The molecular formula is C19H43N3O3Si. The lowest BCUT2D eigenvalue weighted by Gasteiger charge is -2.39. The van der Waals surface area contributed by atoms with Crippen LogP contribution in [0.3, 0.4) is 0 Å². The van der Waals surface area contributed by atoms with E-state index >= 15 is 0 Å². The third-order valence-corrected chi connectivity index (χ3v) is 7.81. The van der Waals surface area contributed by atoms with Gasteiger partial charge in [-0.25, -0.2) is 0 Å². The van der Waals surface area contributed by atoms with Crippen LogP contribution in [0.5, 0.6) is 0 Å². The van der Waals surface area contributed by atoms with Crippen LogP contribution in [0.25, 0.3) is 0 Å². The summed E-state index contributed by atoms with van der Waals surface area (Å²) in [4.78, 5) is 7.67. The first kappa shape index (κ1) is 24.0. The molecule has 0 aromatic rings. The van der Waals surface area contributed by atoms with Crippen LogP contribution in [-0.4, -0.2) is 102 Å². The van der Waals surface area contributed by atoms with Gasteiger partial charge in [-0.15, -0.1) is 0 Å². The highest BCUT2D eigenvalue weighted by Gasteiger charge is 2.42. The van der Waals surface area contributed by atoms with Crippen molar-refractivity contribution in [2.24, 2.45) is 0 Å². The van der Waals surface area contributed by atoms with Gasteiger partial charge in [-0.05, 0) is 46.7 Å². The van der Waals surface area contributed by atoms with Crippen LogP contribution in [0.1, 0.15) is 47.5 Å². The van der Waals surface area contributed by atoms with E-state index < -0.39 is 8.80 Å². The van der Waals surface area contributed by atoms with Gasteiger partial charge in [0, 0.05) is 59.1 Å². The largest absolute Gasteiger partial charge is 0.515 e. The summed E-state index contributed by atoms with van der Waals surface area (Å²) >= 11 is 0. The van der Waals surface area contributed by atoms with Gasteiger partial charge in [0.1, 0.15) is 0 Å². The SMILES string of the molecule is CCCN(CCC)CCN1CCN(C[Si](OCC)(OCC)OCC)CC1. The predicted octanol–water partition coefficient (Wildman–Crippen LogP) is 2.31. The molecule has 0 amide bonds. The van der Waals surface area contributed by atoms with Crippen LogP contribution < -0.4 is 0 Å². The molecule has 7 heteroatoms. The number of piperazine rings is 1. The van der Waals surface area contributed by atoms with Crippen molar-refractivity contribution in [1.29, 1.82) is 0 Å². The van der Waals surface area contributed by atoms with Crippen molar-refractivity contribution in [2.75, 3.05) is 78.3 Å². The number of hydrogen-bond donors (Lipinski definition) is 0. The van der Waals surface area contributed by atoms with Crippen LogP contribution >= 0.6 is 0 Å². The van der Waals surface area contributed by atoms with Gasteiger partial charge in [-0.1, -0.05) is 13.8 Å². The van der Waals surface area contributed by atoms with Gasteiger partial charge in [-0.3, -0.25) is 9.80 Å². The first-order chi connectivity index (χ1) is 12.6. The maximum atomic E-state index is 6.01. The highest BCUT2D eigenvalue weighted by Crippen LogP contribution is 2.14. The van der Waals surface area contributed by atoms with Crippen molar-refractivity contribution in [1.82, 2.24) is 14.7 Å². The Morgan fingerprint density at radius 3 is 1.58 bits per heavy atom. The molecule has 156 valence electrons. The van der Waals surface area contributed by atoms with Crippen LogP contribution in [0, 0.1) is 0 Å². The molecule has 1 aliphatic rings. The summed E-state index contributed by atoms with van der Waals surface area (Å²) in [6, 6.07) is 0. The molecule has 0 saturated carbocycles. The van der Waals surface area contributed by atoms with E-state index in [0.717, 1.165) is 32.3 Å². The van der Waals surface area contributed by atoms with Crippen molar-refractivity contribution in [3.8, 4) is 0 Å². The Kier molecular flexibility index (Phi) is 13.0. The summed E-state index contributed by atoms with van der Waals surface area (Å²) < 4.78 is 18.0. The summed E-state index contributed by atoms with van der Waals surface area (Å²) in [5.41, 5.74) is 0. The molecule has 0 atom stereocenters. The smallest absolute Gasteiger partial charge is 0.373 e. The summed E-state index contributed by atoms with van der Waals surface area (Å²) in [5.74, 6) is 0. The Hall–Kier alpha value is -0.0231. The monoisotopic (exact) mass is 389 g/mol. The fraction of sp³-hybridized carbons (Fsp3) is 1.00. The lowest BCUT2D eigenvalue weighted by molar-refractivity contribution is 0.0463. The molecule has 0 spiro atoms. The number of nitrogens with zero attached hydrogens (tertiary/aromatic N) is 3. The van der Waals surface area contributed by atoms with E-state index in [0.29, 0.717) is 19.8 Å². The molecule has 1 saturated heterocycles. The fourth-order valence-corrected chi connectivity index (χ4v) is 6.32. The summed E-state index contributed by atoms with van der Waals surface area (Å²) in [7, 11) is -2.56. The zero-order chi connectivity index (χ0) is 19.3. The van der Waals surface area contributed by atoms with E-state index in [4.69, 9.17) is 13.3 Å². The predicted molar refractivity (Wildman–Crippen MR) is 111 cm³/mol. The van der Waals surface area contributed by atoms with Crippen molar-refractivity contribution in [3.05, 3.63) is 0 Å². The molecule has 0 N–H and O–H groups in total. The standard InChI is InChI=1S/C19H43N3O3Si/c1-6-11-20(12-7-2)13-14-21-15-17-22(18-16-21)19-26(23-8-3,24-9-4)25-10-5/h6-19H2,1-5H3. The van der Waals surface area contributed by atoms with Crippen LogP contribution in [0.15, 0.2) is 0 Å². The molecule has 1 aliphatic heterocycles. The van der Waals surface area contributed by atoms with Gasteiger partial charge in [0.25, 0.3) is 0 Å². The van der Waals surface area contributed by atoms with Crippen molar-refractivity contribution < 1.29 is 13.3 Å². The Labute approximate surface area is 163 Å². The third kappa shape index (κ3) is 8.78. The molecule has 1 fully saturated rings. The molecule has 1 rings (SSSR count). The van der Waals surface area contributed by atoms with Crippen molar-refractivity contribution in [3.63, 3.8) is 0 Å². The molecule has 0 aliphatic carbocycles. The van der Waals surface area contributed by atoms with Crippen molar-refractivity contribution in [2.45, 2.75) is 47.5 Å².